The Labute approximate surface area is 192 Å². The van der Waals surface area contributed by atoms with Crippen LogP contribution < -0.4 is 5.32 Å². The molecule has 3 aromatic carbocycles. The van der Waals surface area contributed by atoms with Crippen molar-refractivity contribution in [1.29, 1.82) is 0 Å². The Balaban J connectivity index is 0.000000968. The third-order valence-corrected chi connectivity index (χ3v) is 5.59. The average Bonchev–Trinajstić information content (AvgIpc) is 2.80. The van der Waals surface area contributed by atoms with Gasteiger partial charge in [-0.2, -0.15) is 0 Å². The largest absolute Gasteiger partial charge is 0.331 e. The molecule has 1 heterocycles. The zero-order valence-corrected chi connectivity index (χ0v) is 18.7. The van der Waals surface area contributed by atoms with Crippen LogP contribution in [0.4, 0.5) is 18.0 Å². The minimum atomic E-state index is -0.614. The van der Waals surface area contributed by atoms with Gasteiger partial charge in [-0.25, -0.2) is 18.0 Å². The number of nitrogens with zero attached hydrogens (tertiary/aromatic N) is 1. The zero-order valence-electron chi connectivity index (χ0n) is 18.7. The van der Waals surface area contributed by atoms with E-state index in [9.17, 15) is 18.0 Å². The van der Waals surface area contributed by atoms with E-state index in [-0.39, 0.29) is 23.9 Å². The predicted molar refractivity (Wildman–Crippen MR) is 125 cm³/mol. The molecule has 3 nitrogen and oxygen atoms in total. The van der Waals surface area contributed by atoms with Crippen molar-refractivity contribution in [3.63, 3.8) is 0 Å². The van der Waals surface area contributed by atoms with Crippen molar-refractivity contribution >= 4 is 6.03 Å². The standard InChI is InChI=1S/C24H21F3N2O.C3H6/c1-15(16-2-4-17(5-3-16)21-11-10-20(26)14-22(21)27)29-13-12-23(28-24(29)30)18-6-8-19(25)9-7-18;1-3-2/h2-11,14-15,23H,12-13H2,1H3,(H,28,30);3H,1H2,2H3. The van der Waals surface area contributed by atoms with E-state index in [2.05, 4.69) is 11.9 Å². The van der Waals surface area contributed by atoms with Crippen LogP contribution in [0.25, 0.3) is 11.1 Å². The molecule has 4 rings (SSSR count). The second kappa shape index (κ2) is 10.9. The van der Waals surface area contributed by atoms with Crippen LogP contribution in [0.1, 0.15) is 43.5 Å². The van der Waals surface area contributed by atoms with Gasteiger partial charge in [0.25, 0.3) is 0 Å². The minimum Gasteiger partial charge on any atom is -0.331 e. The van der Waals surface area contributed by atoms with E-state index in [0.717, 1.165) is 17.2 Å². The molecule has 1 saturated heterocycles. The Morgan fingerprint density at radius 2 is 1.61 bits per heavy atom. The number of carbonyl (C=O) groups excluding carboxylic acids is 1. The zero-order chi connectivity index (χ0) is 24.0. The molecule has 0 radical (unpaired) electrons. The van der Waals surface area contributed by atoms with Gasteiger partial charge in [0.1, 0.15) is 17.5 Å². The maximum absolute atomic E-state index is 14.0. The number of urea groups is 1. The molecule has 0 aromatic heterocycles. The molecule has 0 saturated carbocycles. The minimum absolute atomic E-state index is 0.148. The fourth-order valence-electron chi connectivity index (χ4n) is 3.83. The molecule has 2 amide bonds. The lowest BCUT2D eigenvalue weighted by atomic mass is 9.98. The van der Waals surface area contributed by atoms with Gasteiger partial charge >= 0.3 is 6.03 Å². The van der Waals surface area contributed by atoms with Crippen LogP contribution >= 0.6 is 0 Å². The number of hydrogen-bond acceptors (Lipinski definition) is 1. The molecule has 1 aliphatic rings. The third kappa shape index (κ3) is 5.83. The summed E-state index contributed by atoms with van der Waals surface area (Å²) in [5, 5.41) is 2.98. The number of benzene rings is 3. The van der Waals surface area contributed by atoms with Crippen molar-refractivity contribution in [3.8, 4) is 11.1 Å². The van der Waals surface area contributed by atoms with Crippen molar-refractivity contribution in [2.24, 2.45) is 0 Å². The van der Waals surface area contributed by atoms with E-state index in [1.807, 2.05) is 26.0 Å². The first kappa shape index (κ1) is 24.1. The van der Waals surface area contributed by atoms with E-state index in [0.29, 0.717) is 24.1 Å². The Kier molecular flexibility index (Phi) is 7.93. The lowest BCUT2D eigenvalue weighted by Crippen LogP contribution is -2.48. The SMILES string of the molecule is C=CC.CC(c1ccc(-c2ccc(F)cc2F)cc1)N1CCC(c2ccc(F)cc2)NC1=O. The van der Waals surface area contributed by atoms with E-state index < -0.39 is 11.6 Å². The maximum Gasteiger partial charge on any atom is 0.318 e. The van der Waals surface area contributed by atoms with Gasteiger partial charge in [0.05, 0.1) is 12.1 Å². The van der Waals surface area contributed by atoms with Crippen LogP contribution in [-0.4, -0.2) is 17.5 Å². The van der Waals surface area contributed by atoms with Crippen LogP contribution in [0.5, 0.6) is 0 Å². The third-order valence-electron chi connectivity index (χ3n) is 5.59. The first-order chi connectivity index (χ1) is 15.8. The monoisotopic (exact) mass is 452 g/mol. The summed E-state index contributed by atoms with van der Waals surface area (Å²) in [7, 11) is 0. The van der Waals surface area contributed by atoms with Crippen molar-refractivity contribution < 1.29 is 18.0 Å². The first-order valence-electron chi connectivity index (χ1n) is 10.8. The average molecular weight is 453 g/mol. The Morgan fingerprint density at radius 3 is 2.18 bits per heavy atom. The molecule has 0 bridgehead atoms. The number of halogens is 3. The van der Waals surface area contributed by atoms with Crippen molar-refractivity contribution in [1.82, 2.24) is 10.2 Å². The van der Waals surface area contributed by atoms with Gasteiger partial charge in [0.2, 0.25) is 0 Å². The van der Waals surface area contributed by atoms with Crippen molar-refractivity contribution in [3.05, 3.63) is 108 Å². The van der Waals surface area contributed by atoms with Crippen molar-refractivity contribution in [2.45, 2.75) is 32.4 Å². The lowest BCUT2D eigenvalue weighted by molar-refractivity contribution is 0.154. The topological polar surface area (TPSA) is 32.3 Å². The number of amides is 2. The fraction of sp³-hybridized carbons (Fsp3) is 0.222. The summed E-state index contributed by atoms with van der Waals surface area (Å²) >= 11 is 0. The van der Waals surface area contributed by atoms with Gasteiger partial charge < -0.3 is 10.2 Å². The Morgan fingerprint density at radius 1 is 1.00 bits per heavy atom. The van der Waals surface area contributed by atoms with Gasteiger partial charge in [-0.1, -0.05) is 42.5 Å². The molecule has 0 aliphatic carbocycles. The van der Waals surface area contributed by atoms with Gasteiger partial charge in [-0.05, 0) is 61.2 Å². The second-order valence-corrected chi connectivity index (χ2v) is 7.87. The quantitative estimate of drug-likeness (QED) is 0.418. The van der Waals surface area contributed by atoms with Crippen LogP contribution in [0.15, 0.2) is 79.4 Å². The lowest BCUT2D eigenvalue weighted by Gasteiger charge is -2.37. The number of rotatable bonds is 4. The summed E-state index contributed by atoms with van der Waals surface area (Å²) in [6.45, 7) is 7.74. The molecule has 2 atom stereocenters. The number of carbonyl (C=O) groups is 1. The van der Waals surface area contributed by atoms with E-state index in [4.69, 9.17) is 0 Å². The number of hydrogen-bond donors (Lipinski definition) is 1. The maximum atomic E-state index is 14.0. The molecule has 1 aliphatic heterocycles. The Hall–Kier alpha value is -3.54. The van der Waals surface area contributed by atoms with E-state index in [1.54, 1.807) is 35.2 Å². The second-order valence-electron chi connectivity index (χ2n) is 7.87. The summed E-state index contributed by atoms with van der Waals surface area (Å²) in [6.07, 6.45) is 2.46. The van der Waals surface area contributed by atoms with Crippen LogP contribution in [0.3, 0.4) is 0 Å². The fourth-order valence-corrected chi connectivity index (χ4v) is 3.83. The Bertz CT molecular complexity index is 1100. The number of allylic oxidation sites excluding steroid dienone is 1. The molecular formula is C27H27F3N2O. The molecule has 0 spiro atoms. The first-order valence-corrected chi connectivity index (χ1v) is 10.8. The summed E-state index contributed by atoms with van der Waals surface area (Å²) in [4.78, 5) is 14.4. The van der Waals surface area contributed by atoms with Gasteiger partial charge in [-0.3, -0.25) is 0 Å². The highest BCUT2D eigenvalue weighted by Crippen LogP contribution is 2.30. The number of nitrogens with one attached hydrogen (secondary N) is 1. The molecule has 172 valence electrons. The molecule has 1 fully saturated rings. The van der Waals surface area contributed by atoms with Gasteiger partial charge in [0, 0.05) is 18.2 Å². The predicted octanol–water partition coefficient (Wildman–Crippen LogP) is 7.18. The molecule has 33 heavy (non-hydrogen) atoms. The van der Waals surface area contributed by atoms with Crippen LogP contribution in [0.2, 0.25) is 0 Å². The van der Waals surface area contributed by atoms with Crippen LogP contribution in [-0.2, 0) is 0 Å². The highest BCUT2D eigenvalue weighted by Gasteiger charge is 2.29. The van der Waals surface area contributed by atoms with Crippen LogP contribution in [0, 0.1) is 17.5 Å². The normalized spacial score (nSPS) is 16.3. The summed E-state index contributed by atoms with van der Waals surface area (Å²) in [6, 6.07) is 16.4. The van der Waals surface area contributed by atoms with Crippen molar-refractivity contribution in [2.75, 3.05) is 6.54 Å². The summed E-state index contributed by atoms with van der Waals surface area (Å²) in [5.41, 5.74) is 2.76. The molecule has 1 N–H and O–H groups in total. The summed E-state index contributed by atoms with van der Waals surface area (Å²) in [5.74, 6) is -1.53. The van der Waals surface area contributed by atoms with Gasteiger partial charge in [-0.15, -0.1) is 6.58 Å². The highest BCUT2D eigenvalue weighted by atomic mass is 19.1. The molecule has 6 heteroatoms. The molecule has 2 unspecified atom stereocenters. The van der Waals surface area contributed by atoms with E-state index in [1.165, 1.54) is 24.3 Å². The van der Waals surface area contributed by atoms with Gasteiger partial charge in [0.15, 0.2) is 0 Å². The summed E-state index contributed by atoms with van der Waals surface area (Å²) < 4.78 is 40.3. The molecular weight excluding hydrogens is 425 g/mol. The van der Waals surface area contributed by atoms with E-state index >= 15 is 0 Å². The highest BCUT2D eigenvalue weighted by molar-refractivity contribution is 5.76. The molecule has 3 aromatic rings. The smallest absolute Gasteiger partial charge is 0.318 e.